The predicted octanol–water partition coefficient (Wildman–Crippen LogP) is 5.23. The summed E-state index contributed by atoms with van der Waals surface area (Å²) in [4.78, 5) is 4.66. The Balaban J connectivity index is 1.45. The van der Waals surface area contributed by atoms with Gasteiger partial charge in [0.05, 0.1) is 28.4 Å². The third kappa shape index (κ3) is 5.61. The third-order valence-corrected chi connectivity index (χ3v) is 12.8. The number of nitrogens with zero attached hydrogens (tertiary/aromatic N) is 3. The Kier molecular flexibility index (Phi) is 8.72. The molecule has 0 unspecified atom stereocenters. The molecular formula is C28H37N3O6S3. The fourth-order valence-corrected chi connectivity index (χ4v) is 10.1. The van der Waals surface area contributed by atoms with Crippen molar-refractivity contribution >= 4 is 41.6 Å². The summed E-state index contributed by atoms with van der Waals surface area (Å²) in [6.45, 7) is 6.87. The van der Waals surface area contributed by atoms with E-state index < -0.39 is 20.0 Å². The number of para-hydroxylation sites is 1. The minimum Gasteiger partial charge on any atom is -0.492 e. The average molecular weight is 608 g/mol. The second kappa shape index (κ2) is 11.9. The van der Waals surface area contributed by atoms with Crippen LogP contribution in [0.25, 0.3) is 10.2 Å². The largest absolute Gasteiger partial charge is 0.492 e. The number of ether oxygens (including phenoxy) is 2. The van der Waals surface area contributed by atoms with Crippen LogP contribution in [0.5, 0.6) is 11.5 Å². The fraction of sp³-hybridized carbons (Fsp3) is 0.536. The van der Waals surface area contributed by atoms with E-state index in [1.54, 1.807) is 25.2 Å². The van der Waals surface area contributed by atoms with Crippen LogP contribution in [0.4, 0.5) is 0 Å². The summed E-state index contributed by atoms with van der Waals surface area (Å²) in [7, 11) is -7.91. The van der Waals surface area contributed by atoms with Crippen molar-refractivity contribution < 1.29 is 26.3 Å². The smallest absolute Gasteiger partial charge is 0.247 e. The van der Waals surface area contributed by atoms with Crippen molar-refractivity contribution in [3.8, 4) is 11.5 Å². The lowest BCUT2D eigenvalue weighted by molar-refractivity contribution is 0.265. The molecule has 1 aromatic heterocycles. The highest BCUT2D eigenvalue weighted by atomic mass is 32.2. The molecule has 1 atom stereocenters. The molecule has 2 aliphatic rings. The maximum absolute atomic E-state index is 14.0. The Morgan fingerprint density at radius 3 is 2.10 bits per heavy atom. The van der Waals surface area contributed by atoms with Crippen LogP contribution in [0.15, 0.2) is 46.2 Å². The van der Waals surface area contributed by atoms with E-state index in [-0.39, 0.29) is 46.5 Å². The van der Waals surface area contributed by atoms with Crippen molar-refractivity contribution in [2.75, 3.05) is 32.8 Å². The van der Waals surface area contributed by atoms with E-state index in [0.29, 0.717) is 32.5 Å². The number of fused-ring (bicyclic) bond motifs is 1. The van der Waals surface area contributed by atoms with E-state index in [0.717, 1.165) is 34.5 Å². The van der Waals surface area contributed by atoms with Crippen molar-refractivity contribution in [1.82, 2.24) is 13.6 Å². The molecule has 3 heterocycles. The Morgan fingerprint density at radius 1 is 0.875 bits per heavy atom. The lowest BCUT2D eigenvalue weighted by Gasteiger charge is -2.33. The zero-order valence-corrected chi connectivity index (χ0v) is 25.7. The van der Waals surface area contributed by atoms with Gasteiger partial charge in [0.15, 0.2) is 0 Å². The minimum absolute atomic E-state index is 0.0301. The molecule has 5 rings (SSSR count). The van der Waals surface area contributed by atoms with Gasteiger partial charge in [-0.1, -0.05) is 18.6 Å². The summed E-state index contributed by atoms with van der Waals surface area (Å²) in [5.41, 5.74) is 0.969. The maximum atomic E-state index is 14.0. The van der Waals surface area contributed by atoms with Gasteiger partial charge in [-0.15, -0.1) is 11.3 Å². The number of rotatable bonds is 9. The molecule has 0 bridgehead atoms. The molecule has 0 spiro atoms. The number of benzene rings is 2. The van der Waals surface area contributed by atoms with Gasteiger partial charge in [0, 0.05) is 43.7 Å². The SMILES string of the molecule is CCOc1cc(S(=O)(=O)N2CCCC[C@@H]2C)c(OCC)cc1S(=O)(=O)N1CCC(c2nc3ccccc3s2)CC1. The van der Waals surface area contributed by atoms with Crippen molar-refractivity contribution in [1.29, 1.82) is 0 Å². The highest BCUT2D eigenvalue weighted by Gasteiger charge is 2.38. The summed E-state index contributed by atoms with van der Waals surface area (Å²) in [6.07, 6.45) is 3.84. The molecular weight excluding hydrogens is 571 g/mol. The molecule has 2 aliphatic heterocycles. The van der Waals surface area contributed by atoms with Crippen LogP contribution in [0.3, 0.4) is 0 Å². The molecule has 2 fully saturated rings. The highest BCUT2D eigenvalue weighted by Crippen LogP contribution is 2.41. The normalized spacial score (nSPS) is 20.1. The molecule has 12 heteroatoms. The fourth-order valence-electron chi connectivity index (χ4n) is 5.56. The van der Waals surface area contributed by atoms with E-state index in [1.165, 1.54) is 20.7 Å². The van der Waals surface area contributed by atoms with Crippen molar-refractivity contribution in [2.45, 2.75) is 74.6 Å². The number of piperidine rings is 2. The molecule has 2 aromatic carbocycles. The molecule has 0 radical (unpaired) electrons. The maximum Gasteiger partial charge on any atom is 0.247 e. The van der Waals surface area contributed by atoms with Crippen LogP contribution in [0.1, 0.15) is 63.8 Å². The van der Waals surface area contributed by atoms with Crippen molar-refractivity contribution in [2.24, 2.45) is 0 Å². The van der Waals surface area contributed by atoms with Gasteiger partial charge in [0.2, 0.25) is 20.0 Å². The van der Waals surface area contributed by atoms with Crippen molar-refractivity contribution in [3.05, 3.63) is 41.4 Å². The molecule has 218 valence electrons. The summed E-state index contributed by atoms with van der Waals surface area (Å²) in [6, 6.07) is 10.5. The van der Waals surface area contributed by atoms with E-state index in [1.807, 2.05) is 25.1 Å². The molecule has 0 amide bonds. The lowest BCUT2D eigenvalue weighted by Crippen LogP contribution is -2.42. The molecule has 0 aliphatic carbocycles. The summed E-state index contributed by atoms with van der Waals surface area (Å²) in [5.74, 6) is 0.252. The van der Waals surface area contributed by atoms with Crippen LogP contribution in [-0.4, -0.2) is 69.3 Å². The Bertz CT molecular complexity index is 1530. The van der Waals surface area contributed by atoms with Crippen LogP contribution < -0.4 is 9.47 Å². The topological polar surface area (TPSA) is 106 Å². The van der Waals surface area contributed by atoms with Gasteiger partial charge in [0.25, 0.3) is 0 Å². The van der Waals surface area contributed by atoms with Gasteiger partial charge in [0.1, 0.15) is 21.3 Å². The summed E-state index contributed by atoms with van der Waals surface area (Å²) in [5, 5.41) is 1.04. The Hall–Kier alpha value is -2.25. The van der Waals surface area contributed by atoms with Gasteiger partial charge < -0.3 is 9.47 Å². The average Bonchev–Trinajstić information content (AvgIpc) is 3.38. The lowest BCUT2D eigenvalue weighted by atomic mass is 9.99. The highest BCUT2D eigenvalue weighted by molar-refractivity contribution is 7.89. The predicted molar refractivity (Wildman–Crippen MR) is 156 cm³/mol. The zero-order valence-electron chi connectivity index (χ0n) is 23.2. The Labute approximate surface area is 241 Å². The van der Waals surface area contributed by atoms with Crippen molar-refractivity contribution in [3.63, 3.8) is 0 Å². The van der Waals surface area contributed by atoms with Crippen LogP contribution >= 0.6 is 11.3 Å². The third-order valence-electron chi connectivity index (χ3n) is 7.67. The Morgan fingerprint density at radius 2 is 1.50 bits per heavy atom. The molecule has 3 aromatic rings. The van der Waals surface area contributed by atoms with Gasteiger partial charge in [-0.3, -0.25) is 0 Å². The van der Waals surface area contributed by atoms with Gasteiger partial charge in [-0.25, -0.2) is 21.8 Å². The number of hydrogen-bond donors (Lipinski definition) is 0. The van der Waals surface area contributed by atoms with Crippen LogP contribution in [-0.2, 0) is 20.0 Å². The number of hydrogen-bond acceptors (Lipinski definition) is 8. The standard InChI is InChI=1S/C28H37N3O6S3/c1-4-36-23-19-27(40(34,35)31-15-9-8-10-20(31)3)24(37-5-2)18-26(23)39(32,33)30-16-13-21(14-17-30)28-29-22-11-6-7-12-25(22)38-28/h6-7,11-12,18-21H,4-5,8-10,13-17H2,1-3H3/t20-/m0/s1. The van der Waals surface area contributed by atoms with Gasteiger partial charge >= 0.3 is 0 Å². The van der Waals surface area contributed by atoms with Crippen LogP contribution in [0, 0.1) is 0 Å². The van der Waals surface area contributed by atoms with Gasteiger partial charge in [-0.2, -0.15) is 8.61 Å². The second-order valence-electron chi connectivity index (χ2n) is 10.3. The zero-order chi connectivity index (χ0) is 28.5. The first-order valence-corrected chi connectivity index (χ1v) is 17.7. The van der Waals surface area contributed by atoms with E-state index in [2.05, 4.69) is 6.07 Å². The first-order valence-electron chi connectivity index (χ1n) is 14.0. The van der Waals surface area contributed by atoms with E-state index in [9.17, 15) is 16.8 Å². The molecule has 40 heavy (non-hydrogen) atoms. The van der Waals surface area contributed by atoms with Gasteiger partial charge in [-0.05, 0) is 58.6 Å². The second-order valence-corrected chi connectivity index (χ2v) is 15.1. The first-order chi connectivity index (χ1) is 19.2. The minimum atomic E-state index is -3.98. The number of aromatic nitrogens is 1. The summed E-state index contributed by atoms with van der Waals surface area (Å²) < 4.78 is 71.1. The summed E-state index contributed by atoms with van der Waals surface area (Å²) >= 11 is 1.66. The molecule has 0 N–H and O–H groups in total. The molecule has 2 saturated heterocycles. The van der Waals surface area contributed by atoms with E-state index in [4.69, 9.17) is 14.5 Å². The monoisotopic (exact) mass is 607 g/mol. The molecule has 9 nitrogen and oxygen atoms in total. The quantitative estimate of drug-likeness (QED) is 0.328. The first kappa shape index (κ1) is 29.2. The van der Waals surface area contributed by atoms with E-state index >= 15 is 0 Å². The molecule has 0 saturated carbocycles. The number of thiazole rings is 1. The van der Waals surface area contributed by atoms with Crippen LogP contribution in [0.2, 0.25) is 0 Å². The number of sulfonamides is 2.